The van der Waals surface area contributed by atoms with E-state index in [0.29, 0.717) is 17.6 Å². The second-order valence-corrected chi connectivity index (χ2v) is 8.57. The lowest BCUT2D eigenvalue weighted by Gasteiger charge is -2.15. The van der Waals surface area contributed by atoms with Crippen molar-refractivity contribution in [2.75, 3.05) is 0 Å². The molecule has 0 aliphatic rings. The van der Waals surface area contributed by atoms with Gasteiger partial charge < -0.3 is 9.88 Å². The van der Waals surface area contributed by atoms with Gasteiger partial charge in [-0.25, -0.2) is 27.3 Å². The molecule has 0 saturated heterocycles. The fourth-order valence-corrected chi connectivity index (χ4v) is 3.71. The molecule has 3 rings (SSSR count). The molecule has 1 heterocycles. The molecule has 156 valence electrons. The number of benzene rings is 2. The molecule has 1 aromatic heterocycles. The van der Waals surface area contributed by atoms with E-state index in [1.165, 1.54) is 24.3 Å². The van der Waals surface area contributed by atoms with Crippen molar-refractivity contribution in [3.63, 3.8) is 0 Å². The summed E-state index contributed by atoms with van der Waals surface area (Å²) in [5, 5.41) is 8.50. The minimum atomic E-state index is -3.82. The van der Waals surface area contributed by atoms with Crippen molar-refractivity contribution in [2.45, 2.75) is 50.7 Å². The highest BCUT2D eigenvalue weighted by molar-refractivity contribution is 7.89. The molecule has 0 bridgehead atoms. The van der Waals surface area contributed by atoms with Gasteiger partial charge in [0, 0.05) is 12.6 Å². The Hall–Kier alpha value is -2.36. The summed E-state index contributed by atoms with van der Waals surface area (Å²) in [5.74, 6) is -1.04. The minimum absolute atomic E-state index is 0.0137. The number of nitrogens with two attached hydrogens (primary N) is 1. The van der Waals surface area contributed by atoms with Gasteiger partial charge in [-0.3, -0.25) is 0 Å². The van der Waals surface area contributed by atoms with Gasteiger partial charge in [-0.2, -0.15) is 0 Å². The van der Waals surface area contributed by atoms with Crippen LogP contribution in [0.2, 0.25) is 0 Å². The number of hydrogen-bond acceptors (Lipinski definition) is 4. The van der Waals surface area contributed by atoms with E-state index in [2.05, 4.69) is 17.2 Å². The SMILES string of the molecule is CCCCn1c(CN[C@H](C)c2ccc(F)c(F)c2)nc2cc(S(N)(=O)=O)ccc21. The predicted octanol–water partition coefficient (Wildman–Crippen LogP) is 3.61. The lowest BCUT2D eigenvalue weighted by atomic mass is 10.1. The number of hydrogen-bond donors (Lipinski definition) is 2. The van der Waals surface area contributed by atoms with Gasteiger partial charge in [0.15, 0.2) is 11.6 Å². The van der Waals surface area contributed by atoms with Crippen LogP contribution in [0.5, 0.6) is 0 Å². The summed E-state index contributed by atoms with van der Waals surface area (Å²) in [6.07, 6.45) is 1.93. The van der Waals surface area contributed by atoms with Gasteiger partial charge in [0.05, 0.1) is 22.5 Å². The average Bonchev–Trinajstić information content (AvgIpc) is 3.02. The van der Waals surface area contributed by atoms with Crippen molar-refractivity contribution in [3.05, 3.63) is 59.4 Å². The topological polar surface area (TPSA) is 90.0 Å². The van der Waals surface area contributed by atoms with Crippen molar-refractivity contribution in [1.29, 1.82) is 0 Å². The molecule has 6 nitrogen and oxygen atoms in total. The molecule has 3 aromatic rings. The Morgan fingerprint density at radius 3 is 2.59 bits per heavy atom. The standard InChI is InChI=1S/C20H24F2N4O2S/c1-3-4-9-26-19-8-6-15(29(23,27)28)11-18(19)25-20(26)12-24-13(2)14-5-7-16(21)17(22)10-14/h5-8,10-11,13,24H,3-4,9,12H2,1-2H3,(H2,23,27,28)/t13-/m1/s1. The first-order valence-electron chi connectivity index (χ1n) is 9.41. The third kappa shape index (κ3) is 4.80. The molecule has 0 aliphatic carbocycles. The number of sulfonamides is 1. The van der Waals surface area contributed by atoms with Crippen LogP contribution >= 0.6 is 0 Å². The summed E-state index contributed by atoms with van der Waals surface area (Å²) >= 11 is 0. The van der Waals surface area contributed by atoms with Crippen LogP contribution in [0.25, 0.3) is 11.0 Å². The van der Waals surface area contributed by atoms with Crippen molar-refractivity contribution in [1.82, 2.24) is 14.9 Å². The maximum atomic E-state index is 13.5. The van der Waals surface area contributed by atoms with Gasteiger partial charge >= 0.3 is 0 Å². The Kier molecular flexibility index (Phi) is 6.30. The number of halogens is 2. The van der Waals surface area contributed by atoms with Crippen molar-refractivity contribution < 1.29 is 17.2 Å². The number of imidazole rings is 1. The van der Waals surface area contributed by atoms with Gasteiger partial charge in [-0.05, 0) is 49.2 Å². The first-order chi connectivity index (χ1) is 13.7. The van der Waals surface area contributed by atoms with Crippen molar-refractivity contribution in [3.8, 4) is 0 Å². The molecule has 2 aromatic carbocycles. The summed E-state index contributed by atoms with van der Waals surface area (Å²) < 4.78 is 52.0. The third-order valence-electron chi connectivity index (χ3n) is 4.87. The molecule has 0 spiro atoms. The van der Waals surface area contributed by atoms with Crippen LogP contribution in [0.4, 0.5) is 8.78 Å². The van der Waals surface area contributed by atoms with Crippen LogP contribution in [-0.2, 0) is 23.1 Å². The molecule has 0 unspecified atom stereocenters. The molecular formula is C20H24F2N4O2S. The Balaban J connectivity index is 1.89. The second kappa shape index (κ2) is 8.56. The van der Waals surface area contributed by atoms with E-state index in [4.69, 9.17) is 5.14 Å². The van der Waals surface area contributed by atoms with Gasteiger partial charge in [0.25, 0.3) is 0 Å². The van der Waals surface area contributed by atoms with Gasteiger partial charge in [-0.1, -0.05) is 19.4 Å². The molecular weight excluding hydrogens is 398 g/mol. The van der Waals surface area contributed by atoms with E-state index in [-0.39, 0.29) is 10.9 Å². The average molecular weight is 423 g/mol. The molecule has 0 radical (unpaired) electrons. The zero-order valence-corrected chi connectivity index (χ0v) is 17.1. The van der Waals surface area contributed by atoms with Gasteiger partial charge in [-0.15, -0.1) is 0 Å². The summed E-state index contributed by atoms with van der Waals surface area (Å²) in [5.41, 5.74) is 1.99. The zero-order valence-electron chi connectivity index (χ0n) is 16.3. The van der Waals surface area contributed by atoms with Gasteiger partial charge in [0.1, 0.15) is 5.82 Å². The van der Waals surface area contributed by atoms with E-state index in [1.807, 2.05) is 11.5 Å². The van der Waals surface area contributed by atoms with E-state index in [9.17, 15) is 17.2 Å². The molecule has 3 N–H and O–H groups in total. The van der Waals surface area contributed by atoms with E-state index < -0.39 is 21.7 Å². The lowest BCUT2D eigenvalue weighted by Crippen LogP contribution is -2.21. The quantitative estimate of drug-likeness (QED) is 0.580. The Labute approximate surface area is 168 Å². The number of unbranched alkanes of at least 4 members (excludes halogenated alkanes) is 1. The summed E-state index contributed by atoms with van der Waals surface area (Å²) in [6, 6.07) is 8.23. The van der Waals surface area contributed by atoms with Crippen LogP contribution in [0, 0.1) is 11.6 Å². The van der Waals surface area contributed by atoms with Crippen LogP contribution in [0.15, 0.2) is 41.3 Å². The fourth-order valence-electron chi connectivity index (χ4n) is 3.18. The minimum Gasteiger partial charge on any atom is -0.327 e. The predicted molar refractivity (Wildman–Crippen MR) is 108 cm³/mol. The molecule has 29 heavy (non-hydrogen) atoms. The maximum Gasteiger partial charge on any atom is 0.238 e. The summed E-state index contributed by atoms with van der Waals surface area (Å²) in [7, 11) is -3.82. The van der Waals surface area contributed by atoms with Crippen LogP contribution in [0.1, 0.15) is 44.1 Å². The van der Waals surface area contributed by atoms with E-state index in [0.717, 1.165) is 36.8 Å². The molecule has 0 saturated carbocycles. The molecule has 9 heteroatoms. The Morgan fingerprint density at radius 1 is 1.17 bits per heavy atom. The molecule has 1 atom stereocenters. The number of primary sulfonamides is 1. The number of nitrogens with one attached hydrogen (secondary N) is 1. The van der Waals surface area contributed by atoms with Crippen molar-refractivity contribution >= 4 is 21.1 Å². The van der Waals surface area contributed by atoms with E-state index >= 15 is 0 Å². The van der Waals surface area contributed by atoms with Crippen LogP contribution in [0.3, 0.4) is 0 Å². The number of aryl methyl sites for hydroxylation is 1. The Bertz CT molecular complexity index is 1130. The second-order valence-electron chi connectivity index (χ2n) is 7.00. The Morgan fingerprint density at radius 2 is 1.93 bits per heavy atom. The molecule has 0 fully saturated rings. The largest absolute Gasteiger partial charge is 0.327 e. The monoisotopic (exact) mass is 422 g/mol. The van der Waals surface area contributed by atoms with Crippen LogP contribution < -0.4 is 10.5 Å². The highest BCUT2D eigenvalue weighted by Crippen LogP contribution is 2.22. The number of rotatable bonds is 8. The van der Waals surface area contributed by atoms with Crippen molar-refractivity contribution in [2.24, 2.45) is 5.14 Å². The third-order valence-corrected chi connectivity index (χ3v) is 5.78. The lowest BCUT2D eigenvalue weighted by molar-refractivity contribution is 0.496. The number of nitrogens with zero attached hydrogens (tertiary/aromatic N) is 2. The first kappa shape index (κ1) is 21.4. The normalized spacial score (nSPS) is 13.1. The fraction of sp³-hybridized carbons (Fsp3) is 0.350. The first-order valence-corrected chi connectivity index (χ1v) is 11.0. The van der Waals surface area contributed by atoms with E-state index in [1.54, 1.807) is 6.07 Å². The smallest absolute Gasteiger partial charge is 0.238 e. The summed E-state index contributed by atoms with van der Waals surface area (Å²) in [6.45, 7) is 5.05. The highest BCUT2D eigenvalue weighted by Gasteiger charge is 2.16. The highest BCUT2D eigenvalue weighted by atomic mass is 32.2. The zero-order chi connectivity index (χ0) is 21.2. The molecule has 0 aliphatic heterocycles. The molecule has 0 amide bonds. The maximum absolute atomic E-state index is 13.5. The summed E-state index contributed by atoms with van der Waals surface area (Å²) in [4.78, 5) is 4.60. The number of fused-ring (bicyclic) bond motifs is 1. The van der Waals surface area contributed by atoms with Crippen LogP contribution in [-0.4, -0.2) is 18.0 Å². The van der Waals surface area contributed by atoms with Gasteiger partial charge in [0.2, 0.25) is 10.0 Å². The number of aromatic nitrogens is 2.